The zero-order chi connectivity index (χ0) is 14.8. The normalized spacial score (nSPS) is 11.2. The van der Waals surface area contributed by atoms with Crippen LogP contribution in [0, 0.1) is 0 Å². The van der Waals surface area contributed by atoms with Crippen molar-refractivity contribution in [3.63, 3.8) is 0 Å². The van der Waals surface area contributed by atoms with Gasteiger partial charge in [0.15, 0.2) is 6.29 Å². The first-order valence-electron chi connectivity index (χ1n) is 5.77. The van der Waals surface area contributed by atoms with E-state index in [0.29, 0.717) is 16.9 Å². The Balaban J connectivity index is 2.62. The molecule has 2 rings (SSSR count). The first-order valence-corrected chi connectivity index (χ1v) is 5.77. The average Bonchev–Trinajstić information content (AvgIpc) is 2.45. The number of carbonyl (C=O) groups excluding carboxylic acids is 1. The lowest BCUT2D eigenvalue weighted by Gasteiger charge is -2.13. The van der Waals surface area contributed by atoms with Gasteiger partial charge in [0.05, 0.1) is 12.7 Å². The second-order valence-corrected chi connectivity index (χ2v) is 4.12. The van der Waals surface area contributed by atoms with E-state index in [2.05, 4.69) is 0 Å². The summed E-state index contributed by atoms with van der Waals surface area (Å²) in [6.45, 7) is 0. The maximum atomic E-state index is 12.9. The van der Waals surface area contributed by atoms with E-state index in [-0.39, 0.29) is 11.8 Å². The molecule has 0 heterocycles. The quantitative estimate of drug-likeness (QED) is 0.788. The first-order chi connectivity index (χ1) is 9.47. The molecule has 0 aliphatic carbocycles. The number of hydrogen-bond acceptors (Lipinski definition) is 2. The lowest BCUT2D eigenvalue weighted by Crippen LogP contribution is -2.09. The highest BCUT2D eigenvalue weighted by molar-refractivity contribution is 5.81. The predicted molar refractivity (Wildman–Crippen MR) is 68.8 cm³/mol. The molecule has 5 heteroatoms. The molecule has 2 aromatic carbocycles. The number of halogens is 3. The van der Waals surface area contributed by atoms with Gasteiger partial charge >= 0.3 is 6.18 Å². The number of methoxy groups -OCH3 is 1. The van der Waals surface area contributed by atoms with Crippen LogP contribution in [0.4, 0.5) is 13.2 Å². The van der Waals surface area contributed by atoms with Gasteiger partial charge < -0.3 is 4.74 Å². The van der Waals surface area contributed by atoms with E-state index in [9.17, 15) is 18.0 Å². The maximum Gasteiger partial charge on any atom is 0.417 e. The molecule has 104 valence electrons. The van der Waals surface area contributed by atoms with Gasteiger partial charge in [0, 0.05) is 11.1 Å². The van der Waals surface area contributed by atoms with Gasteiger partial charge in [0.1, 0.15) is 5.75 Å². The van der Waals surface area contributed by atoms with E-state index in [0.717, 1.165) is 12.1 Å². The highest BCUT2D eigenvalue weighted by atomic mass is 19.4. The smallest absolute Gasteiger partial charge is 0.417 e. The largest absolute Gasteiger partial charge is 0.496 e. The molecule has 0 saturated heterocycles. The molecule has 0 fully saturated rings. The standard InChI is InChI=1S/C15H11F3O2/c1-20-14-5-3-2-4-12(14)10-6-7-11(9-19)13(8-10)15(16,17)18/h2-9H,1H3. The summed E-state index contributed by atoms with van der Waals surface area (Å²) in [5.74, 6) is 0.472. The van der Waals surface area contributed by atoms with Gasteiger partial charge in [-0.05, 0) is 17.7 Å². The molecule has 0 aliphatic rings. The van der Waals surface area contributed by atoms with Crippen LogP contribution >= 0.6 is 0 Å². The van der Waals surface area contributed by atoms with Crippen molar-refractivity contribution in [2.45, 2.75) is 6.18 Å². The van der Waals surface area contributed by atoms with Crippen LogP contribution in [0.1, 0.15) is 15.9 Å². The topological polar surface area (TPSA) is 26.3 Å². The van der Waals surface area contributed by atoms with Crippen molar-refractivity contribution in [1.82, 2.24) is 0 Å². The molecule has 0 saturated carbocycles. The molecule has 2 aromatic rings. The second kappa shape index (κ2) is 5.36. The summed E-state index contributed by atoms with van der Waals surface area (Å²) in [7, 11) is 1.45. The molecule has 0 unspecified atom stereocenters. The number of ether oxygens (including phenoxy) is 1. The Kier molecular flexibility index (Phi) is 3.79. The minimum Gasteiger partial charge on any atom is -0.496 e. The van der Waals surface area contributed by atoms with Gasteiger partial charge in [-0.2, -0.15) is 13.2 Å². The van der Waals surface area contributed by atoms with E-state index in [1.807, 2.05) is 0 Å². The van der Waals surface area contributed by atoms with E-state index in [1.54, 1.807) is 24.3 Å². The molecular formula is C15H11F3O2. The van der Waals surface area contributed by atoms with Gasteiger partial charge in [-0.15, -0.1) is 0 Å². The van der Waals surface area contributed by atoms with Crippen LogP contribution in [0.25, 0.3) is 11.1 Å². The van der Waals surface area contributed by atoms with Gasteiger partial charge in [-0.25, -0.2) is 0 Å². The molecule has 0 aromatic heterocycles. The molecule has 0 amide bonds. The van der Waals surface area contributed by atoms with Crippen LogP contribution < -0.4 is 4.74 Å². The number of rotatable bonds is 3. The number of carbonyl (C=O) groups is 1. The van der Waals surface area contributed by atoms with Crippen LogP contribution in [0.5, 0.6) is 5.75 Å². The Morgan fingerprint density at radius 1 is 1.10 bits per heavy atom. The van der Waals surface area contributed by atoms with Gasteiger partial charge in [0.25, 0.3) is 0 Å². The van der Waals surface area contributed by atoms with E-state index in [4.69, 9.17) is 4.74 Å². The van der Waals surface area contributed by atoms with Gasteiger partial charge in [-0.3, -0.25) is 4.79 Å². The van der Waals surface area contributed by atoms with Crippen LogP contribution in [0.3, 0.4) is 0 Å². The van der Waals surface area contributed by atoms with Crippen LogP contribution in [0.2, 0.25) is 0 Å². The molecule has 0 N–H and O–H groups in total. The summed E-state index contributed by atoms with van der Waals surface area (Å²) in [5, 5.41) is 0. The summed E-state index contributed by atoms with van der Waals surface area (Å²) in [4.78, 5) is 10.7. The maximum absolute atomic E-state index is 12.9. The van der Waals surface area contributed by atoms with Crippen LogP contribution in [0.15, 0.2) is 42.5 Å². The van der Waals surface area contributed by atoms with E-state index < -0.39 is 11.7 Å². The third-order valence-electron chi connectivity index (χ3n) is 2.90. The lowest BCUT2D eigenvalue weighted by atomic mass is 9.98. The number of benzene rings is 2. The number of hydrogen-bond donors (Lipinski definition) is 0. The highest BCUT2D eigenvalue weighted by Gasteiger charge is 2.33. The average molecular weight is 280 g/mol. The van der Waals surface area contributed by atoms with Crippen LogP contribution in [-0.4, -0.2) is 13.4 Å². The predicted octanol–water partition coefficient (Wildman–Crippen LogP) is 4.19. The minimum atomic E-state index is -4.58. The van der Waals surface area contributed by atoms with Crippen molar-refractivity contribution in [2.24, 2.45) is 0 Å². The summed E-state index contributed by atoms with van der Waals surface area (Å²) in [6, 6.07) is 10.4. The molecule has 0 aliphatic heterocycles. The Hall–Kier alpha value is -2.30. The van der Waals surface area contributed by atoms with Gasteiger partial charge in [0.2, 0.25) is 0 Å². The van der Waals surface area contributed by atoms with Gasteiger partial charge in [-0.1, -0.05) is 30.3 Å². The first kappa shape index (κ1) is 14.1. The molecule has 0 spiro atoms. The van der Waals surface area contributed by atoms with Crippen LogP contribution in [-0.2, 0) is 6.18 Å². The number of para-hydroxylation sites is 1. The van der Waals surface area contributed by atoms with Crippen molar-refractivity contribution in [3.8, 4) is 16.9 Å². The fraction of sp³-hybridized carbons (Fsp3) is 0.133. The molecule has 0 atom stereocenters. The van der Waals surface area contributed by atoms with Crippen molar-refractivity contribution >= 4 is 6.29 Å². The Morgan fingerprint density at radius 2 is 1.80 bits per heavy atom. The fourth-order valence-electron chi connectivity index (χ4n) is 1.96. The summed E-state index contributed by atoms with van der Waals surface area (Å²) < 4.78 is 43.9. The molecule has 2 nitrogen and oxygen atoms in total. The number of alkyl halides is 3. The Morgan fingerprint density at radius 3 is 2.40 bits per heavy atom. The van der Waals surface area contributed by atoms with Crippen molar-refractivity contribution < 1.29 is 22.7 Å². The molecule has 0 bridgehead atoms. The SMILES string of the molecule is COc1ccccc1-c1ccc(C=O)c(C(F)(F)F)c1. The summed E-state index contributed by atoms with van der Waals surface area (Å²) in [6.07, 6.45) is -4.37. The third kappa shape index (κ3) is 2.66. The third-order valence-corrected chi connectivity index (χ3v) is 2.90. The molecule has 0 radical (unpaired) electrons. The molecular weight excluding hydrogens is 269 g/mol. The van der Waals surface area contributed by atoms with Crippen molar-refractivity contribution in [3.05, 3.63) is 53.6 Å². The van der Waals surface area contributed by atoms with Crippen molar-refractivity contribution in [1.29, 1.82) is 0 Å². The summed E-state index contributed by atoms with van der Waals surface area (Å²) in [5.41, 5.74) is -0.439. The monoisotopic (exact) mass is 280 g/mol. The summed E-state index contributed by atoms with van der Waals surface area (Å²) >= 11 is 0. The Bertz CT molecular complexity index is 633. The van der Waals surface area contributed by atoms with E-state index in [1.165, 1.54) is 13.2 Å². The van der Waals surface area contributed by atoms with E-state index >= 15 is 0 Å². The molecule has 20 heavy (non-hydrogen) atoms. The lowest BCUT2D eigenvalue weighted by molar-refractivity contribution is -0.137. The second-order valence-electron chi connectivity index (χ2n) is 4.12. The fourth-order valence-corrected chi connectivity index (χ4v) is 1.96. The number of aldehydes is 1. The Labute approximate surface area is 113 Å². The van der Waals surface area contributed by atoms with Crippen molar-refractivity contribution in [2.75, 3.05) is 7.11 Å². The zero-order valence-electron chi connectivity index (χ0n) is 10.6. The highest BCUT2D eigenvalue weighted by Crippen LogP contribution is 2.36. The minimum absolute atomic E-state index is 0.203. The zero-order valence-corrected chi connectivity index (χ0v) is 10.6.